The number of allylic oxidation sites excluding steroid dienone is 1. The van der Waals surface area contributed by atoms with Crippen molar-refractivity contribution < 1.29 is 14.7 Å². The van der Waals surface area contributed by atoms with Crippen molar-refractivity contribution in [3.05, 3.63) is 40.3 Å². The minimum Gasteiger partial charge on any atom is -0.481 e. The van der Waals surface area contributed by atoms with Gasteiger partial charge in [-0.15, -0.1) is 11.8 Å². The molecule has 2 rings (SSSR count). The number of hydrogen-bond donors (Lipinski definition) is 1. The molecular formula is C14H14O3S. The van der Waals surface area contributed by atoms with E-state index in [0.29, 0.717) is 6.42 Å². The Morgan fingerprint density at radius 2 is 2.06 bits per heavy atom. The lowest BCUT2D eigenvalue weighted by Crippen LogP contribution is -2.06. The van der Waals surface area contributed by atoms with E-state index in [1.54, 1.807) is 30.8 Å². The topological polar surface area (TPSA) is 54.4 Å². The molecule has 1 fully saturated rings. The lowest BCUT2D eigenvalue weighted by molar-refractivity contribution is -0.138. The highest BCUT2D eigenvalue weighted by molar-refractivity contribution is 8.04. The predicted octanol–water partition coefficient (Wildman–Crippen LogP) is 2.92. The van der Waals surface area contributed by atoms with E-state index in [-0.39, 0.29) is 5.78 Å². The van der Waals surface area contributed by atoms with E-state index < -0.39 is 11.9 Å². The Hall–Kier alpha value is -1.55. The summed E-state index contributed by atoms with van der Waals surface area (Å²) in [6.45, 7) is 1.66. The minimum absolute atomic E-state index is 0.197. The highest BCUT2D eigenvalue weighted by Gasteiger charge is 2.17. The summed E-state index contributed by atoms with van der Waals surface area (Å²) in [6, 6.07) is 7.31. The van der Waals surface area contributed by atoms with Gasteiger partial charge in [-0.2, -0.15) is 0 Å². The lowest BCUT2D eigenvalue weighted by Gasteiger charge is -2.06. The van der Waals surface area contributed by atoms with Crippen molar-refractivity contribution in [2.75, 3.05) is 5.75 Å². The second-order valence-corrected chi connectivity index (χ2v) is 5.39. The molecule has 94 valence electrons. The molecule has 0 saturated carbocycles. The van der Waals surface area contributed by atoms with Crippen LogP contribution in [0, 0.1) is 0 Å². The highest BCUT2D eigenvalue weighted by Crippen LogP contribution is 2.29. The largest absolute Gasteiger partial charge is 0.481 e. The molecule has 0 aromatic heterocycles. The molecule has 1 unspecified atom stereocenters. The molecule has 1 aromatic rings. The van der Waals surface area contributed by atoms with Gasteiger partial charge in [-0.25, -0.2) is 0 Å². The van der Waals surface area contributed by atoms with Gasteiger partial charge in [-0.3, -0.25) is 9.59 Å². The molecule has 1 aliphatic heterocycles. The maximum absolute atomic E-state index is 11.5. The van der Waals surface area contributed by atoms with Gasteiger partial charge in [-0.1, -0.05) is 24.3 Å². The summed E-state index contributed by atoms with van der Waals surface area (Å²) in [6.07, 6.45) is 2.49. The monoisotopic (exact) mass is 262 g/mol. The number of carbonyl (C=O) groups excluding carboxylic acids is 1. The third-order valence-electron chi connectivity index (χ3n) is 2.97. The second-order valence-electron chi connectivity index (χ2n) is 4.26. The zero-order valence-corrected chi connectivity index (χ0v) is 10.9. The molecular weight excluding hydrogens is 248 g/mol. The summed E-state index contributed by atoms with van der Waals surface area (Å²) in [5, 5.41) is 8.91. The Balaban J connectivity index is 2.18. The molecule has 0 amide bonds. The van der Waals surface area contributed by atoms with Crippen LogP contribution in [0.4, 0.5) is 0 Å². The van der Waals surface area contributed by atoms with Crippen LogP contribution >= 0.6 is 11.8 Å². The summed E-state index contributed by atoms with van der Waals surface area (Å²) < 4.78 is 0. The average molecular weight is 262 g/mol. The Labute approximate surface area is 110 Å². The summed E-state index contributed by atoms with van der Waals surface area (Å²) >= 11 is 1.58. The fraction of sp³-hybridized carbons (Fsp3) is 0.286. The number of Topliss-reactive ketones (excluding diaryl/α,β-unsaturated/α-hetero) is 1. The number of rotatable bonds is 3. The van der Waals surface area contributed by atoms with Crippen LogP contribution in [0.25, 0.3) is 6.08 Å². The van der Waals surface area contributed by atoms with Gasteiger partial charge < -0.3 is 5.11 Å². The van der Waals surface area contributed by atoms with Crippen LogP contribution in [-0.4, -0.2) is 22.6 Å². The van der Waals surface area contributed by atoms with E-state index in [2.05, 4.69) is 0 Å². The summed E-state index contributed by atoms with van der Waals surface area (Å²) in [5.41, 5.74) is 1.71. The van der Waals surface area contributed by atoms with Crippen molar-refractivity contribution in [1.82, 2.24) is 0 Å². The van der Waals surface area contributed by atoms with E-state index >= 15 is 0 Å². The van der Waals surface area contributed by atoms with E-state index in [0.717, 1.165) is 21.8 Å². The standard InChI is InChI=1S/C14H14O3S/c1-9(14(16)17)11-4-2-10(3-5-11)8-13-12(15)6-7-18-13/h2-5,8-9H,6-7H2,1H3,(H,16,17). The van der Waals surface area contributed by atoms with Gasteiger partial charge in [0.1, 0.15) is 0 Å². The average Bonchev–Trinajstić information content (AvgIpc) is 2.75. The van der Waals surface area contributed by atoms with E-state index in [9.17, 15) is 9.59 Å². The van der Waals surface area contributed by atoms with Gasteiger partial charge >= 0.3 is 5.97 Å². The van der Waals surface area contributed by atoms with E-state index in [1.165, 1.54) is 0 Å². The molecule has 1 N–H and O–H groups in total. The Kier molecular flexibility index (Phi) is 3.87. The zero-order chi connectivity index (χ0) is 13.1. The molecule has 18 heavy (non-hydrogen) atoms. The normalized spacial score (nSPS) is 19.2. The molecule has 4 heteroatoms. The first-order valence-corrected chi connectivity index (χ1v) is 6.77. The number of hydrogen-bond acceptors (Lipinski definition) is 3. The number of carboxylic acid groups (broad SMARTS) is 1. The predicted molar refractivity (Wildman–Crippen MR) is 72.6 cm³/mol. The molecule has 1 aliphatic rings. The molecule has 1 saturated heterocycles. The number of carbonyl (C=O) groups is 2. The van der Waals surface area contributed by atoms with Crippen molar-refractivity contribution in [3.63, 3.8) is 0 Å². The molecule has 3 nitrogen and oxygen atoms in total. The number of ketones is 1. The molecule has 0 radical (unpaired) electrons. The Morgan fingerprint density at radius 1 is 1.39 bits per heavy atom. The minimum atomic E-state index is -0.831. The van der Waals surface area contributed by atoms with Gasteiger partial charge in [0.05, 0.1) is 10.8 Å². The maximum Gasteiger partial charge on any atom is 0.310 e. The number of aliphatic carboxylic acids is 1. The van der Waals surface area contributed by atoms with Gasteiger partial charge in [-0.05, 0) is 24.1 Å². The first-order valence-electron chi connectivity index (χ1n) is 5.78. The Bertz CT molecular complexity index is 502. The third-order valence-corrected chi connectivity index (χ3v) is 4.03. The van der Waals surface area contributed by atoms with Crippen molar-refractivity contribution in [1.29, 1.82) is 0 Å². The van der Waals surface area contributed by atoms with Gasteiger partial charge in [0.2, 0.25) is 0 Å². The second kappa shape index (κ2) is 5.40. The van der Waals surface area contributed by atoms with Crippen LogP contribution in [0.1, 0.15) is 30.4 Å². The van der Waals surface area contributed by atoms with Crippen molar-refractivity contribution >= 4 is 29.6 Å². The SMILES string of the molecule is CC(C(=O)O)c1ccc(C=C2SCCC2=O)cc1. The summed E-state index contributed by atoms with van der Waals surface area (Å²) in [7, 11) is 0. The quantitative estimate of drug-likeness (QED) is 0.851. The van der Waals surface area contributed by atoms with Crippen LogP contribution in [-0.2, 0) is 9.59 Å². The number of thioether (sulfide) groups is 1. The van der Waals surface area contributed by atoms with E-state index in [4.69, 9.17) is 5.11 Å². The van der Waals surface area contributed by atoms with Crippen molar-refractivity contribution in [2.45, 2.75) is 19.3 Å². The fourth-order valence-electron chi connectivity index (χ4n) is 1.75. The summed E-state index contributed by atoms with van der Waals surface area (Å²) in [5.74, 6) is -0.279. The van der Waals surface area contributed by atoms with Crippen molar-refractivity contribution in [3.8, 4) is 0 Å². The smallest absolute Gasteiger partial charge is 0.310 e. The lowest BCUT2D eigenvalue weighted by atomic mass is 10.00. The van der Waals surface area contributed by atoms with Crippen molar-refractivity contribution in [2.24, 2.45) is 0 Å². The third kappa shape index (κ3) is 2.82. The van der Waals surface area contributed by atoms with Gasteiger partial charge in [0.15, 0.2) is 5.78 Å². The Morgan fingerprint density at radius 3 is 2.56 bits per heavy atom. The number of benzene rings is 1. The maximum atomic E-state index is 11.5. The van der Waals surface area contributed by atoms with Crippen LogP contribution < -0.4 is 0 Å². The summed E-state index contributed by atoms with van der Waals surface area (Å²) in [4.78, 5) is 23.1. The van der Waals surface area contributed by atoms with Crippen LogP contribution in [0.2, 0.25) is 0 Å². The molecule has 0 spiro atoms. The zero-order valence-electron chi connectivity index (χ0n) is 10.1. The molecule has 1 heterocycles. The highest BCUT2D eigenvalue weighted by atomic mass is 32.2. The molecule has 1 aromatic carbocycles. The van der Waals surface area contributed by atoms with Crippen LogP contribution in [0.5, 0.6) is 0 Å². The van der Waals surface area contributed by atoms with Gasteiger partial charge in [0.25, 0.3) is 0 Å². The molecule has 0 aliphatic carbocycles. The van der Waals surface area contributed by atoms with Crippen LogP contribution in [0.15, 0.2) is 29.2 Å². The van der Waals surface area contributed by atoms with E-state index in [1.807, 2.05) is 18.2 Å². The first-order chi connectivity index (χ1) is 8.58. The molecule has 0 bridgehead atoms. The van der Waals surface area contributed by atoms with Crippen LogP contribution in [0.3, 0.4) is 0 Å². The van der Waals surface area contributed by atoms with Gasteiger partial charge in [0, 0.05) is 12.2 Å². The number of carboxylic acids is 1. The molecule has 1 atom stereocenters. The first kappa shape index (κ1) is 12.9. The fourth-order valence-corrected chi connectivity index (χ4v) is 2.74.